The molecule has 0 atom stereocenters. The summed E-state index contributed by atoms with van der Waals surface area (Å²) in [5.41, 5.74) is 1.47. The van der Waals surface area contributed by atoms with Crippen LogP contribution >= 0.6 is 0 Å². The maximum atomic E-state index is 11.2. The van der Waals surface area contributed by atoms with Crippen LogP contribution in [0.3, 0.4) is 0 Å². The third kappa shape index (κ3) is 2.36. The monoisotopic (exact) mass is 311 g/mol. The highest BCUT2D eigenvalue weighted by molar-refractivity contribution is 5.99. The van der Waals surface area contributed by atoms with Gasteiger partial charge in [0, 0.05) is 29.2 Å². The van der Waals surface area contributed by atoms with Crippen LogP contribution in [0.15, 0.2) is 36.4 Å². The Bertz CT molecular complexity index is 749. The zero-order valence-electron chi connectivity index (χ0n) is 13.1. The van der Waals surface area contributed by atoms with E-state index < -0.39 is 0 Å². The molecule has 0 spiro atoms. The Morgan fingerprint density at radius 3 is 2.52 bits per heavy atom. The number of nitrogens with one attached hydrogen (secondary N) is 1. The minimum Gasteiger partial charge on any atom is -0.383 e. The molecule has 1 N–H and O–H groups in total. The molecule has 2 aliphatic rings. The first-order valence-corrected chi connectivity index (χ1v) is 8.35. The summed E-state index contributed by atoms with van der Waals surface area (Å²) in [5.74, 6) is 0. The van der Waals surface area contributed by atoms with E-state index >= 15 is 0 Å². The summed E-state index contributed by atoms with van der Waals surface area (Å²) >= 11 is 0. The second kappa shape index (κ2) is 5.49. The molecule has 23 heavy (non-hydrogen) atoms. The van der Waals surface area contributed by atoms with E-state index in [-0.39, 0.29) is 10.6 Å². The first-order valence-electron chi connectivity index (χ1n) is 8.35. The quantitative estimate of drug-likeness (QED) is 0.689. The molecular weight excluding hydrogens is 290 g/mol. The van der Waals surface area contributed by atoms with Crippen LogP contribution in [0, 0.1) is 10.1 Å². The Kier molecular flexibility index (Phi) is 3.45. The van der Waals surface area contributed by atoms with E-state index in [0.717, 1.165) is 17.6 Å². The van der Waals surface area contributed by atoms with Crippen molar-refractivity contribution in [1.29, 1.82) is 0 Å². The van der Waals surface area contributed by atoms with Gasteiger partial charge in [-0.05, 0) is 50.9 Å². The van der Waals surface area contributed by atoms with Crippen molar-refractivity contribution in [3.8, 4) is 0 Å². The van der Waals surface area contributed by atoms with Crippen LogP contribution in [-0.2, 0) is 0 Å². The van der Waals surface area contributed by atoms with E-state index in [1.807, 2.05) is 24.3 Å². The predicted molar refractivity (Wildman–Crippen MR) is 91.9 cm³/mol. The van der Waals surface area contributed by atoms with Crippen molar-refractivity contribution in [2.75, 3.05) is 25.0 Å². The highest BCUT2D eigenvalue weighted by atomic mass is 16.6. The molecule has 0 radical (unpaired) electrons. The minimum atomic E-state index is -0.305. The molecule has 2 heterocycles. The second-order valence-corrected chi connectivity index (χ2v) is 6.71. The third-order valence-corrected chi connectivity index (χ3v) is 5.51. The fourth-order valence-electron chi connectivity index (χ4n) is 4.38. The minimum absolute atomic E-state index is 0.174. The summed E-state index contributed by atoms with van der Waals surface area (Å²) in [6, 6.07) is 11.0. The normalized spacial score (nSPS) is 19.8. The molecule has 0 aliphatic carbocycles. The summed E-state index contributed by atoms with van der Waals surface area (Å²) < 4.78 is 0. The fraction of sp³-hybridized carbons (Fsp3) is 0.444. The molecule has 5 nitrogen and oxygen atoms in total. The van der Waals surface area contributed by atoms with Crippen molar-refractivity contribution in [3.05, 3.63) is 46.5 Å². The van der Waals surface area contributed by atoms with Crippen molar-refractivity contribution < 1.29 is 4.92 Å². The molecule has 2 aromatic carbocycles. The Morgan fingerprint density at radius 2 is 1.78 bits per heavy atom. The van der Waals surface area contributed by atoms with Gasteiger partial charge in [0.1, 0.15) is 0 Å². The van der Waals surface area contributed by atoms with Gasteiger partial charge in [0.15, 0.2) is 0 Å². The Morgan fingerprint density at radius 1 is 1.09 bits per heavy atom. The van der Waals surface area contributed by atoms with Crippen molar-refractivity contribution in [3.63, 3.8) is 0 Å². The lowest BCUT2D eigenvalue weighted by atomic mass is 9.94. The molecule has 2 aromatic rings. The Labute approximate surface area is 135 Å². The van der Waals surface area contributed by atoms with Crippen LogP contribution in [0.5, 0.6) is 0 Å². The standard InChI is InChI=1S/C18H21N3O2/c22-21(23)17-8-2-5-14-15(17)6-1-7-16(14)19-13-18-9-3-11-20(18)12-4-10-18/h1-2,5-8,19H,3-4,9-13H2. The van der Waals surface area contributed by atoms with Gasteiger partial charge in [-0.3, -0.25) is 15.0 Å². The van der Waals surface area contributed by atoms with Gasteiger partial charge in [-0.15, -0.1) is 0 Å². The average Bonchev–Trinajstić information content (AvgIpc) is 3.12. The maximum Gasteiger partial charge on any atom is 0.277 e. The fourth-order valence-corrected chi connectivity index (χ4v) is 4.38. The summed E-state index contributed by atoms with van der Waals surface area (Å²) in [4.78, 5) is 13.5. The molecule has 2 saturated heterocycles. The van der Waals surface area contributed by atoms with E-state index in [9.17, 15) is 10.1 Å². The van der Waals surface area contributed by atoms with E-state index in [2.05, 4.69) is 10.2 Å². The Hall–Kier alpha value is -2.14. The third-order valence-electron chi connectivity index (χ3n) is 5.51. The lowest BCUT2D eigenvalue weighted by Crippen LogP contribution is -2.44. The predicted octanol–water partition coefficient (Wildman–Crippen LogP) is 3.79. The lowest BCUT2D eigenvalue weighted by molar-refractivity contribution is -0.383. The van der Waals surface area contributed by atoms with Gasteiger partial charge in [-0.2, -0.15) is 0 Å². The summed E-state index contributed by atoms with van der Waals surface area (Å²) in [6.45, 7) is 3.35. The SMILES string of the molecule is O=[N+]([O-])c1cccc2c(NCC34CCCN3CCC4)cccc12. The molecule has 0 unspecified atom stereocenters. The number of fused-ring (bicyclic) bond motifs is 2. The van der Waals surface area contributed by atoms with Crippen LogP contribution in [0.1, 0.15) is 25.7 Å². The highest BCUT2D eigenvalue weighted by Crippen LogP contribution is 2.39. The highest BCUT2D eigenvalue weighted by Gasteiger charge is 2.43. The van der Waals surface area contributed by atoms with Crippen LogP contribution in [-0.4, -0.2) is 35.0 Å². The smallest absolute Gasteiger partial charge is 0.277 e. The van der Waals surface area contributed by atoms with E-state index in [0.29, 0.717) is 10.9 Å². The van der Waals surface area contributed by atoms with Crippen LogP contribution < -0.4 is 5.32 Å². The van der Waals surface area contributed by atoms with Gasteiger partial charge in [0.25, 0.3) is 5.69 Å². The van der Waals surface area contributed by atoms with Gasteiger partial charge in [0.05, 0.1) is 10.3 Å². The van der Waals surface area contributed by atoms with E-state index in [1.54, 1.807) is 12.1 Å². The number of rotatable bonds is 4. The number of hydrogen-bond donors (Lipinski definition) is 1. The molecule has 4 rings (SSSR count). The molecule has 0 saturated carbocycles. The zero-order valence-corrected chi connectivity index (χ0v) is 13.1. The number of anilines is 1. The summed E-state index contributed by atoms with van der Waals surface area (Å²) in [6.07, 6.45) is 5.07. The van der Waals surface area contributed by atoms with Gasteiger partial charge in [-0.1, -0.05) is 18.2 Å². The van der Waals surface area contributed by atoms with Gasteiger partial charge in [0.2, 0.25) is 0 Å². The van der Waals surface area contributed by atoms with Crippen LogP contribution in [0.25, 0.3) is 10.8 Å². The van der Waals surface area contributed by atoms with Crippen molar-refractivity contribution >= 4 is 22.1 Å². The summed E-state index contributed by atoms with van der Waals surface area (Å²) in [5, 5.41) is 16.4. The van der Waals surface area contributed by atoms with Crippen molar-refractivity contribution in [2.45, 2.75) is 31.2 Å². The molecule has 2 aliphatic heterocycles. The molecular formula is C18H21N3O2. The van der Waals surface area contributed by atoms with Crippen LogP contribution in [0.4, 0.5) is 11.4 Å². The number of nitro benzene ring substituents is 1. The van der Waals surface area contributed by atoms with Crippen molar-refractivity contribution in [1.82, 2.24) is 4.90 Å². The molecule has 5 heteroatoms. The summed E-state index contributed by atoms with van der Waals surface area (Å²) in [7, 11) is 0. The molecule has 0 bridgehead atoms. The molecule has 0 aromatic heterocycles. The number of non-ortho nitro benzene ring substituents is 1. The number of nitrogens with zero attached hydrogens (tertiary/aromatic N) is 2. The van der Waals surface area contributed by atoms with Gasteiger partial charge >= 0.3 is 0 Å². The largest absolute Gasteiger partial charge is 0.383 e. The van der Waals surface area contributed by atoms with Crippen LogP contribution in [0.2, 0.25) is 0 Å². The molecule has 120 valence electrons. The second-order valence-electron chi connectivity index (χ2n) is 6.71. The molecule has 0 amide bonds. The van der Waals surface area contributed by atoms with Gasteiger partial charge in [-0.25, -0.2) is 0 Å². The first-order chi connectivity index (χ1) is 11.2. The van der Waals surface area contributed by atoms with E-state index in [1.165, 1.54) is 38.8 Å². The van der Waals surface area contributed by atoms with Crippen molar-refractivity contribution in [2.24, 2.45) is 0 Å². The lowest BCUT2D eigenvalue weighted by Gasteiger charge is -2.32. The van der Waals surface area contributed by atoms with Gasteiger partial charge < -0.3 is 5.32 Å². The maximum absolute atomic E-state index is 11.2. The number of benzene rings is 2. The average molecular weight is 311 g/mol. The first kappa shape index (κ1) is 14.5. The van der Waals surface area contributed by atoms with E-state index in [4.69, 9.17) is 0 Å². The zero-order chi connectivity index (χ0) is 15.9. The number of nitro groups is 1. The number of hydrogen-bond acceptors (Lipinski definition) is 4. The Balaban J connectivity index is 1.65. The molecule has 2 fully saturated rings. The topological polar surface area (TPSA) is 58.4 Å².